The lowest BCUT2D eigenvalue weighted by molar-refractivity contribution is -0.125. The lowest BCUT2D eigenvalue weighted by Gasteiger charge is -2.28. The van der Waals surface area contributed by atoms with E-state index >= 15 is 0 Å². The monoisotopic (exact) mass is 262 g/mol. The van der Waals surface area contributed by atoms with Crippen LogP contribution >= 0.6 is 0 Å². The Bertz CT molecular complexity index is 374. The molecule has 0 aliphatic carbocycles. The molecule has 0 spiro atoms. The van der Waals surface area contributed by atoms with Gasteiger partial charge in [0.1, 0.15) is 0 Å². The summed E-state index contributed by atoms with van der Waals surface area (Å²) in [7, 11) is 0. The molecule has 0 heterocycles. The molecule has 0 aromatic heterocycles. The third kappa shape index (κ3) is 4.35. The SMILES string of the molecule is CCC(CC)C(NC(=O)C(C)CN)c1ccccc1. The van der Waals surface area contributed by atoms with E-state index in [0.717, 1.165) is 12.8 Å². The van der Waals surface area contributed by atoms with Gasteiger partial charge in [0.25, 0.3) is 0 Å². The quantitative estimate of drug-likeness (QED) is 0.794. The van der Waals surface area contributed by atoms with Crippen molar-refractivity contribution in [3.63, 3.8) is 0 Å². The van der Waals surface area contributed by atoms with Crippen LogP contribution in [0.1, 0.15) is 45.2 Å². The Morgan fingerprint density at radius 1 is 1.21 bits per heavy atom. The maximum absolute atomic E-state index is 12.1. The molecule has 106 valence electrons. The van der Waals surface area contributed by atoms with Crippen molar-refractivity contribution in [2.45, 2.75) is 39.7 Å². The van der Waals surface area contributed by atoms with Crippen LogP contribution in [0.3, 0.4) is 0 Å². The number of carbonyl (C=O) groups excluding carboxylic acids is 1. The van der Waals surface area contributed by atoms with E-state index < -0.39 is 0 Å². The first-order chi connectivity index (χ1) is 9.13. The Kier molecular flexibility index (Phi) is 6.57. The van der Waals surface area contributed by atoms with Gasteiger partial charge in [0.05, 0.1) is 6.04 Å². The van der Waals surface area contributed by atoms with Gasteiger partial charge in [-0.3, -0.25) is 4.79 Å². The van der Waals surface area contributed by atoms with Crippen LogP contribution in [-0.2, 0) is 4.79 Å². The Morgan fingerprint density at radius 2 is 1.79 bits per heavy atom. The summed E-state index contributed by atoms with van der Waals surface area (Å²) < 4.78 is 0. The summed E-state index contributed by atoms with van der Waals surface area (Å²) in [4.78, 5) is 12.1. The van der Waals surface area contributed by atoms with Crippen LogP contribution in [-0.4, -0.2) is 12.5 Å². The molecule has 1 aromatic rings. The highest BCUT2D eigenvalue weighted by Crippen LogP contribution is 2.27. The highest BCUT2D eigenvalue weighted by molar-refractivity contribution is 5.79. The van der Waals surface area contributed by atoms with Crippen molar-refractivity contribution in [3.05, 3.63) is 35.9 Å². The van der Waals surface area contributed by atoms with E-state index in [-0.39, 0.29) is 17.9 Å². The van der Waals surface area contributed by atoms with Crippen LogP contribution in [0.5, 0.6) is 0 Å². The Hall–Kier alpha value is -1.35. The molecule has 0 radical (unpaired) electrons. The van der Waals surface area contributed by atoms with Crippen molar-refractivity contribution in [2.24, 2.45) is 17.6 Å². The molecule has 3 heteroatoms. The number of carbonyl (C=O) groups is 1. The lowest BCUT2D eigenvalue weighted by atomic mass is 9.88. The number of nitrogens with two attached hydrogens (primary N) is 1. The molecule has 0 saturated heterocycles. The van der Waals surface area contributed by atoms with Crippen LogP contribution in [0.15, 0.2) is 30.3 Å². The Morgan fingerprint density at radius 3 is 2.26 bits per heavy atom. The lowest BCUT2D eigenvalue weighted by Crippen LogP contribution is -2.38. The van der Waals surface area contributed by atoms with Crippen molar-refractivity contribution < 1.29 is 4.79 Å². The molecule has 2 unspecified atom stereocenters. The van der Waals surface area contributed by atoms with Gasteiger partial charge >= 0.3 is 0 Å². The third-order valence-corrected chi connectivity index (χ3v) is 3.78. The zero-order valence-corrected chi connectivity index (χ0v) is 12.2. The molecule has 3 nitrogen and oxygen atoms in total. The van der Waals surface area contributed by atoms with Gasteiger partial charge in [0, 0.05) is 12.5 Å². The fourth-order valence-corrected chi connectivity index (χ4v) is 2.30. The van der Waals surface area contributed by atoms with E-state index in [1.165, 1.54) is 5.56 Å². The summed E-state index contributed by atoms with van der Waals surface area (Å²) >= 11 is 0. The average molecular weight is 262 g/mol. The first-order valence-corrected chi connectivity index (χ1v) is 7.19. The zero-order chi connectivity index (χ0) is 14.3. The molecule has 0 fully saturated rings. The van der Waals surface area contributed by atoms with Gasteiger partial charge in [-0.2, -0.15) is 0 Å². The average Bonchev–Trinajstić information content (AvgIpc) is 2.47. The molecule has 0 bridgehead atoms. The van der Waals surface area contributed by atoms with Crippen molar-refractivity contribution in [1.29, 1.82) is 0 Å². The van der Waals surface area contributed by atoms with Crippen molar-refractivity contribution in [1.82, 2.24) is 5.32 Å². The second-order valence-electron chi connectivity index (χ2n) is 5.11. The molecular formula is C16H26N2O. The third-order valence-electron chi connectivity index (χ3n) is 3.78. The predicted octanol–water partition coefficient (Wildman–Crippen LogP) is 2.87. The van der Waals surface area contributed by atoms with Crippen LogP contribution in [0.25, 0.3) is 0 Å². The summed E-state index contributed by atoms with van der Waals surface area (Å²) in [6.07, 6.45) is 2.10. The number of benzene rings is 1. The first kappa shape index (κ1) is 15.7. The standard InChI is InChI=1S/C16H26N2O/c1-4-13(5-2)15(14-9-7-6-8-10-14)18-16(19)12(3)11-17/h6-10,12-13,15H,4-5,11,17H2,1-3H3,(H,18,19). The summed E-state index contributed by atoms with van der Waals surface area (Å²) in [5.74, 6) is 0.361. The molecule has 0 aliphatic rings. The van der Waals surface area contributed by atoms with Crippen molar-refractivity contribution in [2.75, 3.05) is 6.54 Å². The molecule has 1 amide bonds. The van der Waals surface area contributed by atoms with Gasteiger partial charge in [-0.25, -0.2) is 0 Å². The fraction of sp³-hybridized carbons (Fsp3) is 0.562. The fourth-order valence-electron chi connectivity index (χ4n) is 2.30. The van der Waals surface area contributed by atoms with Crippen molar-refractivity contribution >= 4 is 5.91 Å². The molecule has 1 rings (SSSR count). The maximum Gasteiger partial charge on any atom is 0.224 e. The summed E-state index contributed by atoms with van der Waals surface area (Å²) in [6, 6.07) is 10.3. The smallest absolute Gasteiger partial charge is 0.224 e. The number of nitrogens with one attached hydrogen (secondary N) is 1. The van der Waals surface area contributed by atoms with E-state index in [1.54, 1.807) is 0 Å². The molecule has 3 N–H and O–H groups in total. The van der Waals surface area contributed by atoms with Gasteiger partial charge in [-0.1, -0.05) is 63.9 Å². The molecule has 0 saturated carbocycles. The molecular weight excluding hydrogens is 236 g/mol. The topological polar surface area (TPSA) is 55.1 Å². The van der Waals surface area contributed by atoms with Gasteiger partial charge in [0.15, 0.2) is 0 Å². The summed E-state index contributed by atoms with van der Waals surface area (Å²) in [5, 5.41) is 3.17. The second kappa shape index (κ2) is 7.95. The molecule has 0 aliphatic heterocycles. The van der Waals surface area contributed by atoms with Gasteiger partial charge in [0.2, 0.25) is 5.91 Å². The van der Waals surface area contributed by atoms with Crippen molar-refractivity contribution in [3.8, 4) is 0 Å². The second-order valence-corrected chi connectivity index (χ2v) is 5.11. The van der Waals surface area contributed by atoms with E-state index in [4.69, 9.17) is 5.73 Å². The number of rotatable bonds is 7. The largest absolute Gasteiger partial charge is 0.349 e. The van der Waals surface area contributed by atoms with Crippen LogP contribution < -0.4 is 11.1 Å². The van der Waals surface area contributed by atoms with E-state index in [9.17, 15) is 4.79 Å². The molecule has 1 aromatic carbocycles. The Balaban J connectivity index is 2.90. The van der Waals surface area contributed by atoms with Gasteiger partial charge < -0.3 is 11.1 Å². The normalized spacial score (nSPS) is 14.2. The van der Waals surface area contributed by atoms with E-state index in [2.05, 4.69) is 31.3 Å². The molecule has 19 heavy (non-hydrogen) atoms. The maximum atomic E-state index is 12.1. The van der Waals surface area contributed by atoms with Gasteiger partial charge in [-0.05, 0) is 11.5 Å². The predicted molar refractivity (Wildman–Crippen MR) is 79.6 cm³/mol. The number of hydrogen-bond acceptors (Lipinski definition) is 2. The summed E-state index contributed by atoms with van der Waals surface area (Å²) in [6.45, 7) is 6.59. The zero-order valence-electron chi connectivity index (χ0n) is 12.2. The Labute approximate surface area is 116 Å². The van der Waals surface area contributed by atoms with Gasteiger partial charge in [-0.15, -0.1) is 0 Å². The number of hydrogen-bond donors (Lipinski definition) is 2. The van der Waals surface area contributed by atoms with E-state index in [0.29, 0.717) is 12.5 Å². The van der Waals surface area contributed by atoms with Crippen LogP contribution in [0.4, 0.5) is 0 Å². The minimum atomic E-state index is -0.138. The summed E-state index contributed by atoms with van der Waals surface area (Å²) in [5.41, 5.74) is 6.74. The minimum absolute atomic E-state index is 0.0447. The minimum Gasteiger partial charge on any atom is -0.349 e. The highest BCUT2D eigenvalue weighted by atomic mass is 16.1. The van der Waals surface area contributed by atoms with Crippen LogP contribution in [0, 0.1) is 11.8 Å². The highest BCUT2D eigenvalue weighted by Gasteiger charge is 2.23. The first-order valence-electron chi connectivity index (χ1n) is 7.19. The number of amides is 1. The van der Waals surface area contributed by atoms with E-state index in [1.807, 2.05) is 25.1 Å². The molecule has 2 atom stereocenters. The van der Waals surface area contributed by atoms with Crippen LogP contribution in [0.2, 0.25) is 0 Å².